The van der Waals surface area contributed by atoms with Crippen molar-refractivity contribution in [2.24, 2.45) is 0 Å². The summed E-state index contributed by atoms with van der Waals surface area (Å²) in [6.07, 6.45) is 0.403. The molecule has 0 unspecified atom stereocenters. The number of methoxy groups -OCH3 is 2. The third-order valence-corrected chi connectivity index (χ3v) is 2.70. The first-order valence-corrected chi connectivity index (χ1v) is 5.81. The monoisotopic (exact) mass is 278 g/mol. The van der Waals surface area contributed by atoms with Crippen LogP contribution in [0.15, 0.2) is 18.2 Å². The number of tetrazole rings is 1. The number of aromatic nitrogens is 4. The largest absolute Gasteiger partial charge is 0.493 e. The lowest BCUT2D eigenvalue weighted by molar-refractivity contribution is -0.138. The van der Waals surface area contributed by atoms with Gasteiger partial charge in [-0.3, -0.25) is 4.79 Å². The fourth-order valence-corrected chi connectivity index (χ4v) is 1.77. The molecule has 0 aliphatic heterocycles. The van der Waals surface area contributed by atoms with E-state index in [2.05, 4.69) is 15.5 Å². The minimum Gasteiger partial charge on any atom is -0.493 e. The molecule has 20 heavy (non-hydrogen) atoms. The van der Waals surface area contributed by atoms with Gasteiger partial charge in [0.25, 0.3) is 0 Å². The number of carbonyl (C=O) groups is 1. The summed E-state index contributed by atoms with van der Waals surface area (Å²) in [7, 11) is 3.11. The lowest BCUT2D eigenvalue weighted by Gasteiger charge is -2.09. The Kier molecular flexibility index (Phi) is 4.14. The van der Waals surface area contributed by atoms with E-state index in [1.807, 2.05) is 6.07 Å². The number of aliphatic carboxylic acids is 1. The highest BCUT2D eigenvalue weighted by molar-refractivity contribution is 5.66. The molecule has 1 aromatic carbocycles. The van der Waals surface area contributed by atoms with Gasteiger partial charge in [0.05, 0.1) is 14.2 Å². The molecule has 1 N–H and O–H groups in total. The van der Waals surface area contributed by atoms with Gasteiger partial charge in [-0.05, 0) is 28.1 Å². The van der Waals surface area contributed by atoms with Gasteiger partial charge in [-0.1, -0.05) is 6.07 Å². The van der Waals surface area contributed by atoms with Crippen LogP contribution in [0.3, 0.4) is 0 Å². The van der Waals surface area contributed by atoms with Gasteiger partial charge in [-0.25, -0.2) is 4.68 Å². The van der Waals surface area contributed by atoms with Crippen LogP contribution in [0.2, 0.25) is 0 Å². The Morgan fingerprint density at radius 2 is 2.05 bits per heavy atom. The summed E-state index contributed by atoms with van der Waals surface area (Å²) in [6.45, 7) is -0.268. The molecule has 0 amide bonds. The number of carboxylic acid groups (broad SMARTS) is 1. The quantitative estimate of drug-likeness (QED) is 0.814. The Morgan fingerprint density at radius 1 is 1.30 bits per heavy atom. The molecule has 0 aliphatic carbocycles. The number of nitrogens with zero attached hydrogens (tertiary/aromatic N) is 4. The van der Waals surface area contributed by atoms with Crippen LogP contribution in [0.25, 0.3) is 0 Å². The highest BCUT2D eigenvalue weighted by Crippen LogP contribution is 2.28. The summed E-state index contributed by atoms with van der Waals surface area (Å²) in [4.78, 5) is 10.7. The first-order chi connectivity index (χ1) is 9.63. The zero-order chi connectivity index (χ0) is 14.5. The maximum atomic E-state index is 10.7. The first-order valence-electron chi connectivity index (χ1n) is 5.81. The molecular weight excluding hydrogens is 264 g/mol. The van der Waals surface area contributed by atoms with Crippen molar-refractivity contribution < 1.29 is 19.4 Å². The second-order valence-corrected chi connectivity index (χ2v) is 4.01. The zero-order valence-corrected chi connectivity index (χ0v) is 11.1. The van der Waals surface area contributed by atoms with Gasteiger partial charge in [0.2, 0.25) is 0 Å². The second kappa shape index (κ2) is 6.00. The van der Waals surface area contributed by atoms with Crippen LogP contribution >= 0.6 is 0 Å². The topological polar surface area (TPSA) is 99.4 Å². The summed E-state index contributed by atoms with van der Waals surface area (Å²) in [6, 6.07) is 5.43. The van der Waals surface area contributed by atoms with Crippen molar-refractivity contribution >= 4 is 5.97 Å². The minimum absolute atomic E-state index is 0.268. The minimum atomic E-state index is -0.995. The molecule has 0 atom stereocenters. The van der Waals surface area contributed by atoms with Gasteiger partial charge in [-0.15, -0.1) is 5.10 Å². The van der Waals surface area contributed by atoms with Gasteiger partial charge >= 0.3 is 5.97 Å². The van der Waals surface area contributed by atoms with Crippen molar-refractivity contribution in [1.82, 2.24) is 20.2 Å². The predicted octanol–water partition coefficient (Wildman–Crippen LogP) is 0.366. The molecule has 0 saturated carbocycles. The average Bonchev–Trinajstić information content (AvgIpc) is 2.85. The smallest absolute Gasteiger partial charge is 0.325 e. The summed E-state index contributed by atoms with van der Waals surface area (Å²) < 4.78 is 11.6. The van der Waals surface area contributed by atoms with E-state index in [4.69, 9.17) is 14.6 Å². The number of ether oxygens (including phenoxy) is 2. The van der Waals surface area contributed by atoms with Crippen molar-refractivity contribution in [3.05, 3.63) is 29.6 Å². The molecule has 8 nitrogen and oxygen atoms in total. The maximum absolute atomic E-state index is 10.7. The molecule has 0 fully saturated rings. The van der Waals surface area contributed by atoms with E-state index in [1.165, 1.54) is 4.68 Å². The normalized spacial score (nSPS) is 10.3. The Labute approximate surface area is 114 Å². The van der Waals surface area contributed by atoms with Gasteiger partial charge in [0.1, 0.15) is 6.54 Å². The molecule has 106 valence electrons. The van der Waals surface area contributed by atoms with E-state index in [-0.39, 0.29) is 6.54 Å². The Morgan fingerprint density at radius 3 is 2.70 bits per heavy atom. The summed E-state index contributed by atoms with van der Waals surface area (Å²) in [5.74, 6) is 0.703. The van der Waals surface area contributed by atoms with E-state index in [0.717, 1.165) is 5.56 Å². The van der Waals surface area contributed by atoms with Crippen molar-refractivity contribution in [3.63, 3.8) is 0 Å². The Bertz CT molecular complexity index is 611. The van der Waals surface area contributed by atoms with Crippen molar-refractivity contribution in [2.75, 3.05) is 14.2 Å². The first kappa shape index (κ1) is 13.8. The molecule has 1 heterocycles. The third-order valence-electron chi connectivity index (χ3n) is 2.70. The fraction of sp³-hybridized carbons (Fsp3) is 0.333. The third kappa shape index (κ3) is 3.02. The molecule has 1 aromatic heterocycles. The molecule has 0 spiro atoms. The van der Waals surface area contributed by atoms with Crippen LogP contribution < -0.4 is 9.47 Å². The Balaban J connectivity index is 2.22. The van der Waals surface area contributed by atoms with Crippen molar-refractivity contribution in [2.45, 2.75) is 13.0 Å². The van der Waals surface area contributed by atoms with Gasteiger partial charge < -0.3 is 14.6 Å². The maximum Gasteiger partial charge on any atom is 0.325 e. The summed E-state index contributed by atoms with van der Waals surface area (Å²) in [5.41, 5.74) is 0.893. The lowest BCUT2D eigenvalue weighted by atomic mass is 10.1. The van der Waals surface area contributed by atoms with Crippen LogP contribution in [0, 0.1) is 0 Å². The van der Waals surface area contributed by atoms with E-state index in [1.54, 1.807) is 26.4 Å². The predicted molar refractivity (Wildman–Crippen MR) is 67.8 cm³/mol. The fourth-order valence-electron chi connectivity index (χ4n) is 1.77. The van der Waals surface area contributed by atoms with Crippen LogP contribution in [0.5, 0.6) is 11.5 Å². The number of benzene rings is 1. The number of carboxylic acids is 1. The molecule has 2 rings (SSSR count). The van der Waals surface area contributed by atoms with Crippen molar-refractivity contribution in [1.29, 1.82) is 0 Å². The van der Waals surface area contributed by atoms with Crippen LogP contribution in [0.4, 0.5) is 0 Å². The van der Waals surface area contributed by atoms with Gasteiger partial charge in [0, 0.05) is 6.42 Å². The number of hydrogen-bond acceptors (Lipinski definition) is 6. The molecule has 0 aliphatic rings. The average molecular weight is 278 g/mol. The summed E-state index contributed by atoms with van der Waals surface area (Å²) in [5, 5.41) is 19.7. The van der Waals surface area contributed by atoms with Crippen LogP contribution in [0.1, 0.15) is 11.4 Å². The van der Waals surface area contributed by atoms with E-state index >= 15 is 0 Å². The zero-order valence-electron chi connectivity index (χ0n) is 11.1. The molecule has 8 heteroatoms. The SMILES string of the molecule is COc1ccc(Cc2nnnn2CC(=O)O)cc1OC. The van der Waals surface area contributed by atoms with E-state index in [0.29, 0.717) is 23.7 Å². The number of rotatable bonds is 6. The second-order valence-electron chi connectivity index (χ2n) is 4.01. The van der Waals surface area contributed by atoms with Gasteiger partial charge in [-0.2, -0.15) is 0 Å². The molecule has 2 aromatic rings. The molecule has 0 saturated heterocycles. The van der Waals surface area contributed by atoms with E-state index in [9.17, 15) is 4.79 Å². The highest BCUT2D eigenvalue weighted by Gasteiger charge is 2.12. The van der Waals surface area contributed by atoms with Crippen LogP contribution in [-0.2, 0) is 17.8 Å². The molecule has 0 bridgehead atoms. The van der Waals surface area contributed by atoms with Crippen LogP contribution in [-0.4, -0.2) is 45.5 Å². The highest BCUT2D eigenvalue weighted by atomic mass is 16.5. The standard InChI is InChI=1S/C12H14N4O4/c1-19-9-4-3-8(5-10(9)20-2)6-11-13-14-15-16(11)7-12(17)18/h3-5H,6-7H2,1-2H3,(H,17,18). The Hall–Kier alpha value is -2.64. The molecule has 0 radical (unpaired) electrons. The summed E-state index contributed by atoms with van der Waals surface area (Å²) >= 11 is 0. The van der Waals surface area contributed by atoms with Gasteiger partial charge in [0.15, 0.2) is 17.3 Å². The number of hydrogen-bond donors (Lipinski definition) is 1. The van der Waals surface area contributed by atoms with E-state index < -0.39 is 5.97 Å². The molecular formula is C12H14N4O4. The lowest BCUT2D eigenvalue weighted by Crippen LogP contribution is -2.13. The van der Waals surface area contributed by atoms with Crippen molar-refractivity contribution in [3.8, 4) is 11.5 Å².